The Kier molecular flexibility index (Phi) is 5.65. The fourth-order valence-electron chi connectivity index (χ4n) is 2.40. The summed E-state index contributed by atoms with van der Waals surface area (Å²) in [6.45, 7) is 4.01. The van der Waals surface area contributed by atoms with E-state index in [1.165, 1.54) is 0 Å². The second-order valence-electron chi connectivity index (χ2n) is 5.20. The van der Waals surface area contributed by atoms with Gasteiger partial charge >= 0.3 is 0 Å². The Morgan fingerprint density at radius 2 is 2.00 bits per heavy atom. The predicted octanol–water partition coefficient (Wildman–Crippen LogP) is 1.74. The molecule has 6 heteroatoms. The van der Waals surface area contributed by atoms with Crippen LogP contribution in [-0.2, 0) is 6.54 Å². The highest BCUT2D eigenvalue weighted by Crippen LogP contribution is 2.20. The van der Waals surface area contributed by atoms with Crippen molar-refractivity contribution in [3.8, 4) is 5.75 Å². The molecule has 0 aliphatic heterocycles. The van der Waals surface area contributed by atoms with Crippen LogP contribution in [0.25, 0.3) is 0 Å². The molecular formula is C17H21N3O3. The van der Waals surface area contributed by atoms with Crippen LogP contribution < -0.4 is 4.74 Å². The molecule has 1 heterocycles. The van der Waals surface area contributed by atoms with Crippen LogP contribution in [0, 0.1) is 13.8 Å². The van der Waals surface area contributed by atoms with Gasteiger partial charge in [-0.05, 0) is 26.0 Å². The number of nitrogens with zero attached hydrogens (tertiary/aromatic N) is 3. The smallest absolute Gasteiger partial charge is 0.272 e. The van der Waals surface area contributed by atoms with Crippen LogP contribution in [0.3, 0.4) is 0 Å². The minimum absolute atomic E-state index is 0.121. The van der Waals surface area contributed by atoms with Gasteiger partial charge in [-0.2, -0.15) is 0 Å². The highest BCUT2D eigenvalue weighted by Gasteiger charge is 2.19. The monoisotopic (exact) mass is 315 g/mol. The number of hydrogen-bond donors (Lipinski definition) is 1. The zero-order valence-corrected chi connectivity index (χ0v) is 13.6. The van der Waals surface area contributed by atoms with E-state index in [0.717, 1.165) is 11.3 Å². The highest BCUT2D eigenvalue weighted by atomic mass is 16.5. The van der Waals surface area contributed by atoms with Gasteiger partial charge in [0.2, 0.25) is 0 Å². The zero-order valence-electron chi connectivity index (χ0n) is 13.6. The van der Waals surface area contributed by atoms with Crippen LogP contribution in [-0.4, -0.2) is 46.1 Å². The molecule has 0 unspecified atom stereocenters. The third kappa shape index (κ3) is 4.26. The molecule has 6 nitrogen and oxygen atoms in total. The van der Waals surface area contributed by atoms with Crippen LogP contribution in [0.4, 0.5) is 0 Å². The van der Waals surface area contributed by atoms with Crippen molar-refractivity contribution < 1.29 is 14.6 Å². The van der Waals surface area contributed by atoms with Crippen LogP contribution in [0.1, 0.15) is 27.6 Å². The van der Waals surface area contributed by atoms with E-state index in [1.807, 2.05) is 31.2 Å². The van der Waals surface area contributed by atoms with Crippen molar-refractivity contribution in [3.05, 3.63) is 53.1 Å². The number of aliphatic hydroxyl groups is 1. The van der Waals surface area contributed by atoms with E-state index in [0.29, 0.717) is 23.8 Å². The quantitative estimate of drug-likeness (QED) is 0.879. The number of carbonyl (C=O) groups is 1. The fourth-order valence-corrected chi connectivity index (χ4v) is 2.40. The summed E-state index contributed by atoms with van der Waals surface area (Å²) in [5.74, 6) is 1.02. The summed E-state index contributed by atoms with van der Waals surface area (Å²) in [5.41, 5.74) is 1.94. The molecule has 0 atom stereocenters. The lowest BCUT2D eigenvalue weighted by molar-refractivity contribution is 0.0700. The first-order valence-corrected chi connectivity index (χ1v) is 7.39. The summed E-state index contributed by atoms with van der Waals surface area (Å²) in [4.78, 5) is 22.7. The van der Waals surface area contributed by atoms with Crippen molar-refractivity contribution in [1.29, 1.82) is 0 Å². The number of para-hydroxylation sites is 1. The first-order chi connectivity index (χ1) is 11.0. The summed E-state index contributed by atoms with van der Waals surface area (Å²) in [5, 5.41) is 9.29. The lowest BCUT2D eigenvalue weighted by Crippen LogP contribution is -2.34. The van der Waals surface area contributed by atoms with E-state index in [1.54, 1.807) is 25.0 Å². The minimum Gasteiger partial charge on any atom is -0.496 e. The van der Waals surface area contributed by atoms with E-state index in [-0.39, 0.29) is 19.1 Å². The number of aliphatic hydroxyl groups excluding tert-OH is 1. The predicted molar refractivity (Wildman–Crippen MR) is 86.3 cm³/mol. The van der Waals surface area contributed by atoms with E-state index < -0.39 is 0 Å². The lowest BCUT2D eigenvalue weighted by Gasteiger charge is -2.22. The van der Waals surface area contributed by atoms with Crippen molar-refractivity contribution >= 4 is 5.91 Å². The van der Waals surface area contributed by atoms with Crippen LogP contribution in [0.2, 0.25) is 0 Å². The van der Waals surface area contributed by atoms with Crippen LogP contribution in [0.5, 0.6) is 5.75 Å². The maximum absolute atomic E-state index is 12.7. The summed E-state index contributed by atoms with van der Waals surface area (Å²) < 4.78 is 5.32. The minimum atomic E-state index is -0.237. The number of carbonyl (C=O) groups excluding carboxylic acids is 1. The Morgan fingerprint density at radius 3 is 2.65 bits per heavy atom. The second-order valence-corrected chi connectivity index (χ2v) is 5.20. The van der Waals surface area contributed by atoms with Gasteiger partial charge < -0.3 is 14.7 Å². The maximum Gasteiger partial charge on any atom is 0.272 e. The van der Waals surface area contributed by atoms with E-state index in [4.69, 9.17) is 4.74 Å². The highest BCUT2D eigenvalue weighted by molar-refractivity contribution is 5.92. The Balaban J connectivity index is 2.28. The normalized spacial score (nSPS) is 10.4. The molecule has 0 fully saturated rings. The average molecular weight is 315 g/mol. The molecule has 1 amide bonds. The third-order valence-electron chi connectivity index (χ3n) is 3.40. The van der Waals surface area contributed by atoms with Gasteiger partial charge in [0, 0.05) is 24.3 Å². The van der Waals surface area contributed by atoms with Gasteiger partial charge in [0.15, 0.2) is 0 Å². The molecule has 1 aromatic carbocycles. The number of ether oxygens (including phenoxy) is 1. The number of rotatable bonds is 6. The number of hydrogen-bond acceptors (Lipinski definition) is 5. The van der Waals surface area contributed by atoms with Gasteiger partial charge in [-0.15, -0.1) is 0 Å². The van der Waals surface area contributed by atoms with E-state index in [2.05, 4.69) is 9.97 Å². The summed E-state index contributed by atoms with van der Waals surface area (Å²) in [6, 6.07) is 9.15. The van der Waals surface area contributed by atoms with Crippen LogP contribution >= 0.6 is 0 Å². The molecular weight excluding hydrogens is 294 g/mol. The molecule has 2 aromatic rings. The Bertz CT molecular complexity index is 668. The Labute approximate surface area is 135 Å². The molecule has 2 rings (SSSR count). The van der Waals surface area contributed by atoms with Gasteiger partial charge in [0.1, 0.15) is 17.3 Å². The maximum atomic E-state index is 12.7. The van der Waals surface area contributed by atoms with Gasteiger partial charge in [-0.3, -0.25) is 4.79 Å². The zero-order chi connectivity index (χ0) is 16.8. The van der Waals surface area contributed by atoms with Gasteiger partial charge in [0.25, 0.3) is 5.91 Å². The molecule has 0 saturated carbocycles. The van der Waals surface area contributed by atoms with Crippen molar-refractivity contribution in [3.63, 3.8) is 0 Å². The number of aryl methyl sites for hydroxylation is 2. The van der Waals surface area contributed by atoms with Gasteiger partial charge in [0.05, 0.1) is 13.7 Å². The average Bonchev–Trinajstić information content (AvgIpc) is 2.53. The Morgan fingerprint density at radius 1 is 1.26 bits per heavy atom. The van der Waals surface area contributed by atoms with Gasteiger partial charge in [-0.25, -0.2) is 9.97 Å². The molecule has 1 aromatic heterocycles. The molecule has 0 spiro atoms. The number of aromatic nitrogens is 2. The first-order valence-electron chi connectivity index (χ1n) is 7.39. The number of benzene rings is 1. The standard InChI is InChI=1S/C17H21N3O3/c1-12-10-15(19-13(2)18-12)17(22)20(8-9-21)11-14-6-4-5-7-16(14)23-3/h4-7,10,21H,8-9,11H2,1-3H3. The van der Waals surface area contributed by atoms with E-state index >= 15 is 0 Å². The Hall–Kier alpha value is -2.47. The topological polar surface area (TPSA) is 75.6 Å². The molecule has 23 heavy (non-hydrogen) atoms. The lowest BCUT2D eigenvalue weighted by atomic mass is 10.1. The fraction of sp³-hybridized carbons (Fsp3) is 0.353. The molecule has 0 aliphatic carbocycles. The van der Waals surface area contributed by atoms with Crippen molar-refractivity contribution in [2.24, 2.45) is 0 Å². The first kappa shape index (κ1) is 16.9. The largest absolute Gasteiger partial charge is 0.496 e. The molecule has 1 N–H and O–H groups in total. The van der Waals surface area contributed by atoms with Gasteiger partial charge in [-0.1, -0.05) is 18.2 Å². The SMILES string of the molecule is COc1ccccc1CN(CCO)C(=O)c1cc(C)nc(C)n1. The third-order valence-corrected chi connectivity index (χ3v) is 3.40. The molecule has 122 valence electrons. The molecule has 0 aliphatic rings. The summed E-state index contributed by atoms with van der Waals surface area (Å²) in [7, 11) is 1.59. The number of amides is 1. The van der Waals surface area contributed by atoms with Crippen molar-refractivity contribution in [2.75, 3.05) is 20.3 Å². The van der Waals surface area contributed by atoms with Crippen molar-refractivity contribution in [1.82, 2.24) is 14.9 Å². The molecule has 0 bridgehead atoms. The summed E-state index contributed by atoms with van der Waals surface area (Å²) in [6.07, 6.45) is 0. The molecule has 0 radical (unpaired) electrons. The summed E-state index contributed by atoms with van der Waals surface area (Å²) >= 11 is 0. The van der Waals surface area contributed by atoms with Crippen LogP contribution in [0.15, 0.2) is 30.3 Å². The second kappa shape index (κ2) is 7.69. The number of methoxy groups -OCH3 is 1. The van der Waals surface area contributed by atoms with E-state index in [9.17, 15) is 9.90 Å². The molecule has 0 saturated heterocycles. The van der Waals surface area contributed by atoms with Crippen molar-refractivity contribution in [2.45, 2.75) is 20.4 Å².